The molecule has 3 aliphatic heterocycles. The molecule has 3 aromatic heterocycles. The summed E-state index contributed by atoms with van der Waals surface area (Å²) in [6, 6.07) is 5.86. The zero-order valence-corrected chi connectivity index (χ0v) is 24.5. The van der Waals surface area contributed by atoms with Crippen LogP contribution in [0.2, 0.25) is 0 Å². The smallest absolute Gasteiger partial charge is 0.264 e. The Bertz CT molecular complexity index is 1670. The average molecular weight is 574 g/mol. The fraction of sp³-hybridized carbons (Fsp3) is 0.469. The van der Waals surface area contributed by atoms with E-state index in [4.69, 9.17) is 5.10 Å². The molecule has 0 atom stereocenters. The second kappa shape index (κ2) is 10.5. The molecule has 3 aliphatic rings. The Morgan fingerprint density at radius 1 is 1.05 bits per heavy atom. The molecule has 42 heavy (non-hydrogen) atoms. The van der Waals surface area contributed by atoms with E-state index in [9.17, 15) is 13.6 Å². The van der Waals surface area contributed by atoms with Gasteiger partial charge in [-0.05, 0) is 93.2 Å². The number of aryl methyl sites for hydroxylation is 2. The first-order chi connectivity index (χ1) is 20.3. The molecule has 0 radical (unpaired) electrons. The molecule has 0 spiro atoms. The van der Waals surface area contributed by atoms with Gasteiger partial charge in [0.1, 0.15) is 5.65 Å². The van der Waals surface area contributed by atoms with Crippen LogP contribution in [-0.4, -0.2) is 68.1 Å². The minimum Gasteiger partial charge on any atom is -0.338 e. The van der Waals surface area contributed by atoms with Crippen LogP contribution < -0.4 is 4.90 Å². The number of benzene rings is 1. The number of pyridine rings is 1. The monoisotopic (exact) mass is 573 g/mol. The van der Waals surface area contributed by atoms with Gasteiger partial charge in [-0.25, -0.2) is 13.8 Å². The summed E-state index contributed by atoms with van der Waals surface area (Å²) < 4.78 is 33.7. The minimum absolute atomic E-state index is 0.0219. The molecular weight excluding hydrogens is 536 g/mol. The second-order valence-corrected chi connectivity index (χ2v) is 12.1. The number of anilines is 2. The number of fused-ring (bicyclic) bond motifs is 3. The van der Waals surface area contributed by atoms with Gasteiger partial charge in [0.05, 0.1) is 12.6 Å². The maximum atomic E-state index is 14.8. The van der Waals surface area contributed by atoms with Gasteiger partial charge in [0.25, 0.3) is 6.43 Å². The first kappa shape index (κ1) is 27.1. The van der Waals surface area contributed by atoms with Crippen LogP contribution in [0.25, 0.3) is 16.8 Å². The summed E-state index contributed by atoms with van der Waals surface area (Å²) >= 11 is 0. The number of rotatable bonds is 4. The number of hydrogen-bond donors (Lipinski definition) is 0. The Hall–Kier alpha value is -3.79. The van der Waals surface area contributed by atoms with Crippen molar-refractivity contribution in [2.75, 3.05) is 38.1 Å². The lowest BCUT2D eigenvalue weighted by Gasteiger charge is -2.33. The van der Waals surface area contributed by atoms with Crippen LogP contribution in [0.5, 0.6) is 0 Å². The maximum Gasteiger partial charge on any atom is 0.264 e. The predicted molar refractivity (Wildman–Crippen MR) is 158 cm³/mol. The number of imidazole rings is 1. The molecule has 8 nitrogen and oxygen atoms in total. The van der Waals surface area contributed by atoms with Gasteiger partial charge < -0.3 is 19.1 Å². The summed E-state index contributed by atoms with van der Waals surface area (Å²) in [5.74, 6) is 0.867. The van der Waals surface area contributed by atoms with Crippen molar-refractivity contribution in [3.8, 4) is 11.1 Å². The maximum absolute atomic E-state index is 14.8. The van der Waals surface area contributed by atoms with E-state index in [0.29, 0.717) is 31.2 Å². The van der Waals surface area contributed by atoms with Crippen LogP contribution in [0.3, 0.4) is 0 Å². The molecule has 1 amide bonds. The number of piperidine rings is 1. The third kappa shape index (κ3) is 4.56. The molecule has 10 heteroatoms. The number of amides is 1. The Labute approximate surface area is 244 Å². The van der Waals surface area contributed by atoms with Crippen molar-refractivity contribution in [2.24, 2.45) is 0 Å². The fourth-order valence-corrected chi connectivity index (χ4v) is 7.09. The predicted octanol–water partition coefficient (Wildman–Crippen LogP) is 5.70. The standard InChI is InChI=1S/C32H37F2N7O/c1-20-18-39-14-9-35-30(39)17-24(20)25-15-22-5-4-10-40(29(22)16-26(25)31(33)34)32-27-19-38(21(2)42)13-8-28(27)41(36-32)23-6-11-37(3)12-7-23/h9,14-18,23,31H,4-8,10-13,19H2,1-3H3. The van der Waals surface area contributed by atoms with Crippen molar-refractivity contribution in [3.05, 3.63) is 64.7 Å². The van der Waals surface area contributed by atoms with Crippen LogP contribution in [0.15, 0.2) is 36.8 Å². The number of nitrogens with zero attached hydrogens (tertiary/aromatic N) is 7. The lowest BCUT2D eigenvalue weighted by Crippen LogP contribution is -2.36. The number of carbonyl (C=O) groups is 1. The van der Waals surface area contributed by atoms with E-state index < -0.39 is 6.43 Å². The highest BCUT2D eigenvalue weighted by Crippen LogP contribution is 2.44. The Kier molecular flexibility index (Phi) is 6.76. The normalized spacial score (nSPS) is 18.1. The summed E-state index contributed by atoms with van der Waals surface area (Å²) in [5.41, 5.74) is 7.13. The van der Waals surface area contributed by atoms with Crippen LogP contribution in [0.1, 0.15) is 66.6 Å². The highest BCUT2D eigenvalue weighted by Gasteiger charge is 2.34. The summed E-state index contributed by atoms with van der Waals surface area (Å²) in [4.78, 5) is 23.2. The van der Waals surface area contributed by atoms with Crippen molar-refractivity contribution in [1.82, 2.24) is 29.0 Å². The quantitative estimate of drug-likeness (QED) is 0.314. The molecular formula is C32H37F2N7O. The molecule has 0 unspecified atom stereocenters. The highest BCUT2D eigenvalue weighted by atomic mass is 19.3. The summed E-state index contributed by atoms with van der Waals surface area (Å²) in [6.45, 7) is 7.49. The van der Waals surface area contributed by atoms with Gasteiger partial charge in [-0.2, -0.15) is 5.10 Å². The van der Waals surface area contributed by atoms with Gasteiger partial charge in [0, 0.05) is 67.5 Å². The van der Waals surface area contributed by atoms with Crippen LogP contribution in [-0.2, 0) is 24.2 Å². The zero-order chi connectivity index (χ0) is 29.1. The largest absolute Gasteiger partial charge is 0.338 e. The van der Waals surface area contributed by atoms with E-state index in [1.807, 2.05) is 40.8 Å². The summed E-state index contributed by atoms with van der Waals surface area (Å²) in [7, 11) is 2.15. The number of likely N-dealkylation sites (tertiary alicyclic amines) is 1. The number of hydrogen-bond acceptors (Lipinski definition) is 5. The van der Waals surface area contributed by atoms with Crippen molar-refractivity contribution < 1.29 is 13.6 Å². The van der Waals surface area contributed by atoms with Crippen molar-refractivity contribution in [2.45, 2.75) is 65.0 Å². The molecule has 0 bridgehead atoms. The minimum atomic E-state index is -2.64. The van der Waals surface area contributed by atoms with Crippen molar-refractivity contribution >= 4 is 23.1 Å². The van der Waals surface area contributed by atoms with Gasteiger partial charge in [0.2, 0.25) is 5.91 Å². The highest BCUT2D eigenvalue weighted by molar-refractivity contribution is 5.80. The second-order valence-electron chi connectivity index (χ2n) is 12.1. The summed E-state index contributed by atoms with van der Waals surface area (Å²) in [6.07, 6.45) is 7.40. The number of aromatic nitrogens is 4. The van der Waals surface area contributed by atoms with E-state index >= 15 is 0 Å². The Morgan fingerprint density at radius 3 is 2.62 bits per heavy atom. The lowest BCUT2D eigenvalue weighted by atomic mass is 9.90. The van der Waals surface area contributed by atoms with E-state index in [1.54, 1.807) is 19.2 Å². The topological polar surface area (TPSA) is 61.9 Å². The molecule has 7 rings (SSSR count). The molecule has 1 saturated heterocycles. The van der Waals surface area contributed by atoms with Gasteiger partial charge in [0.15, 0.2) is 5.82 Å². The molecule has 0 saturated carbocycles. The third-order valence-electron chi connectivity index (χ3n) is 9.42. The average Bonchev–Trinajstić information content (AvgIpc) is 3.60. The fourth-order valence-electron chi connectivity index (χ4n) is 7.09. The first-order valence-corrected chi connectivity index (χ1v) is 15.0. The molecule has 0 aliphatic carbocycles. The van der Waals surface area contributed by atoms with E-state index in [1.165, 1.54) is 5.69 Å². The molecule has 4 aromatic rings. The van der Waals surface area contributed by atoms with Gasteiger partial charge in [-0.3, -0.25) is 9.48 Å². The van der Waals surface area contributed by atoms with Crippen molar-refractivity contribution in [1.29, 1.82) is 0 Å². The van der Waals surface area contributed by atoms with Crippen LogP contribution in [0.4, 0.5) is 20.3 Å². The first-order valence-electron chi connectivity index (χ1n) is 15.0. The van der Waals surface area contributed by atoms with Gasteiger partial charge >= 0.3 is 0 Å². The molecule has 0 N–H and O–H groups in total. The van der Waals surface area contributed by atoms with E-state index in [0.717, 1.165) is 84.6 Å². The summed E-state index contributed by atoms with van der Waals surface area (Å²) in [5, 5.41) is 5.24. The molecule has 1 aromatic carbocycles. The Morgan fingerprint density at radius 2 is 1.86 bits per heavy atom. The zero-order valence-electron chi connectivity index (χ0n) is 24.5. The third-order valence-corrected chi connectivity index (χ3v) is 9.42. The lowest BCUT2D eigenvalue weighted by molar-refractivity contribution is -0.129. The number of carbonyl (C=O) groups excluding carboxylic acids is 1. The number of alkyl halides is 2. The van der Waals surface area contributed by atoms with E-state index in [2.05, 4.69) is 26.5 Å². The SMILES string of the molecule is CC(=O)N1CCc2c(c(N3CCCc4cc(-c5cc6nccn6cc5C)c(C(F)F)cc43)nn2C2CCN(C)CC2)C1. The molecule has 6 heterocycles. The van der Waals surface area contributed by atoms with Gasteiger partial charge in [-0.1, -0.05) is 0 Å². The van der Waals surface area contributed by atoms with Crippen molar-refractivity contribution in [3.63, 3.8) is 0 Å². The Balaban J connectivity index is 1.35. The van der Waals surface area contributed by atoms with Crippen LogP contribution in [0, 0.1) is 6.92 Å². The molecule has 220 valence electrons. The number of halogens is 2. The van der Waals surface area contributed by atoms with Gasteiger partial charge in [-0.15, -0.1) is 0 Å². The molecule has 1 fully saturated rings. The van der Waals surface area contributed by atoms with E-state index in [-0.39, 0.29) is 11.5 Å². The van der Waals surface area contributed by atoms with Crippen LogP contribution >= 0.6 is 0 Å².